The van der Waals surface area contributed by atoms with Crippen LogP contribution in [0.15, 0.2) is 59.6 Å². The average molecular weight is 306 g/mol. The Kier molecular flexibility index (Phi) is 6.19. The molecule has 2 aromatic carbocycles. The molecule has 0 heterocycles. The van der Waals surface area contributed by atoms with Crippen molar-refractivity contribution in [3.8, 4) is 6.07 Å². The van der Waals surface area contributed by atoms with E-state index in [-0.39, 0.29) is 6.04 Å². The molecule has 4 nitrogen and oxygen atoms in total. The summed E-state index contributed by atoms with van der Waals surface area (Å²) in [6.45, 7) is 5.48. The molecule has 0 aliphatic rings. The SMILES string of the molecule is CCNC(=NCc1cccc(C#N)c1)NC(C)c1ccccc1. The Hall–Kier alpha value is -2.80. The smallest absolute Gasteiger partial charge is 0.192 e. The normalized spacial score (nSPS) is 12.3. The highest BCUT2D eigenvalue weighted by Crippen LogP contribution is 2.11. The molecular formula is C19H22N4. The van der Waals surface area contributed by atoms with Gasteiger partial charge in [0.15, 0.2) is 5.96 Å². The maximum absolute atomic E-state index is 8.96. The van der Waals surface area contributed by atoms with Gasteiger partial charge in [-0.1, -0.05) is 42.5 Å². The minimum absolute atomic E-state index is 0.166. The minimum atomic E-state index is 0.166. The van der Waals surface area contributed by atoms with Crippen LogP contribution in [0.1, 0.15) is 36.6 Å². The topological polar surface area (TPSA) is 60.2 Å². The standard InChI is InChI=1S/C19H22N4/c1-3-21-19(23-15(2)18-10-5-4-6-11-18)22-14-17-9-7-8-16(12-17)13-20/h4-12,15H,3,14H2,1-2H3,(H2,21,22,23). The van der Waals surface area contributed by atoms with Crippen molar-refractivity contribution >= 4 is 5.96 Å². The van der Waals surface area contributed by atoms with Gasteiger partial charge in [-0.15, -0.1) is 0 Å². The van der Waals surface area contributed by atoms with E-state index in [0.29, 0.717) is 12.1 Å². The van der Waals surface area contributed by atoms with Crippen molar-refractivity contribution in [2.24, 2.45) is 4.99 Å². The van der Waals surface area contributed by atoms with E-state index in [2.05, 4.69) is 40.8 Å². The number of rotatable bonds is 5. The zero-order valence-electron chi connectivity index (χ0n) is 13.6. The van der Waals surface area contributed by atoms with Crippen molar-refractivity contribution in [1.29, 1.82) is 5.26 Å². The van der Waals surface area contributed by atoms with Crippen LogP contribution >= 0.6 is 0 Å². The van der Waals surface area contributed by atoms with Gasteiger partial charge in [-0.3, -0.25) is 0 Å². The molecule has 0 aromatic heterocycles. The summed E-state index contributed by atoms with van der Waals surface area (Å²) in [6.07, 6.45) is 0. The summed E-state index contributed by atoms with van der Waals surface area (Å²) in [5.74, 6) is 0.770. The van der Waals surface area contributed by atoms with Crippen molar-refractivity contribution in [1.82, 2.24) is 10.6 Å². The summed E-state index contributed by atoms with van der Waals surface area (Å²) in [4.78, 5) is 4.61. The molecule has 2 aromatic rings. The first-order valence-electron chi connectivity index (χ1n) is 7.81. The molecule has 23 heavy (non-hydrogen) atoms. The lowest BCUT2D eigenvalue weighted by Crippen LogP contribution is -2.38. The largest absolute Gasteiger partial charge is 0.357 e. The van der Waals surface area contributed by atoms with Crippen LogP contribution in [-0.4, -0.2) is 12.5 Å². The van der Waals surface area contributed by atoms with E-state index in [9.17, 15) is 0 Å². The summed E-state index contributed by atoms with van der Waals surface area (Å²) < 4.78 is 0. The zero-order valence-corrected chi connectivity index (χ0v) is 13.6. The van der Waals surface area contributed by atoms with Crippen LogP contribution in [0.3, 0.4) is 0 Å². The number of hydrogen-bond donors (Lipinski definition) is 2. The number of nitrogens with zero attached hydrogens (tertiary/aromatic N) is 2. The second-order valence-corrected chi connectivity index (χ2v) is 5.28. The van der Waals surface area contributed by atoms with Crippen LogP contribution in [0, 0.1) is 11.3 Å². The monoisotopic (exact) mass is 306 g/mol. The molecule has 2 N–H and O–H groups in total. The second-order valence-electron chi connectivity index (χ2n) is 5.28. The molecule has 2 rings (SSSR count). The van der Waals surface area contributed by atoms with E-state index in [1.807, 2.05) is 43.3 Å². The van der Waals surface area contributed by atoms with Gasteiger partial charge >= 0.3 is 0 Å². The first-order chi connectivity index (χ1) is 11.2. The Balaban J connectivity index is 2.06. The number of guanidine groups is 1. The lowest BCUT2D eigenvalue weighted by molar-refractivity contribution is 0.686. The number of nitriles is 1. The molecule has 1 unspecified atom stereocenters. The van der Waals surface area contributed by atoms with Gasteiger partial charge in [-0.2, -0.15) is 5.26 Å². The molecule has 0 radical (unpaired) electrons. The first-order valence-corrected chi connectivity index (χ1v) is 7.81. The van der Waals surface area contributed by atoms with E-state index in [0.717, 1.165) is 18.1 Å². The number of benzene rings is 2. The molecule has 0 fully saturated rings. The summed E-state index contributed by atoms with van der Waals surface area (Å²) >= 11 is 0. The van der Waals surface area contributed by atoms with Crippen LogP contribution in [0.5, 0.6) is 0 Å². The van der Waals surface area contributed by atoms with Crippen molar-refractivity contribution in [3.05, 3.63) is 71.3 Å². The third-order valence-electron chi connectivity index (χ3n) is 3.47. The van der Waals surface area contributed by atoms with Gasteiger partial charge in [0.25, 0.3) is 0 Å². The minimum Gasteiger partial charge on any atom is -0.357 e. The molecule has 0 aliphatic heterocycles. The Morgan fingerprint density at radius 2 is 1.96 bits per heavy atom. The van der Waals surface area contributed by atoms with Gasteiger partial charge in [-0.25, -0.2) is 4.99 Å². The van der Waals surface area contributed by atoms with Gasteiger partial charge < -0.3 is 10.6 Å². The molecule has 0 saturated heterocycles. The lowest BCUT2D eigenvalue weighted by atomic mass is 10.1. The Bertz CT molecular complexity index is 686. The molecule has 0 amide bonds. The number of nitrogens with one attached hydrogen (secondary N) is 2. The fraction of sp³-hybridized carbons (Fsp3) is 0.263. The Labute approximate surface area is 137 Å². The molecule has 0 aliphatic carbocycles. The average Bonchev–Trinajstić information content (AvgIpc) is 2.60. The van der Waals surface area contributed by atoms with Gasteiger partial charge in [0, 0.05) is 6.54 Å². The molecule has 1 atom stereocenters. The molecule has 4 heteroatoms. The third kappa shape index (κ3) is 5.15. The molecule has 118 valence electrons. The predicted octanol–water partition coefficient (Wildman–Crippen LogP) is 3.37. The van der Waals surface area contributed by atoms with Crippen LogP contribution in [0.2, 0.25) is 0 Å². The predicted molar refractivity (Wildman–Crippen MR) is 94.0 cm³/mol. The van der Waals surface area contributed by atoms with Crippen molar-refractivity contribution in [3.63, 3.8) is 0 Å². The van der Waals surface area contributed by atoms with Crippen molar-refractivity contribution in [2.75, 3.05) is 6.54 Å². The molecule has 0 spiro atoms. The highest BCUT2D eigenvalue weighted by atomic mass is 15.2. The maximum Gasteiger partial charge on any atom is 0.192 e. The summed E-state index contributed by atoms with van der Waals surface area (Å²) in [7, 11) is 0. The van der Waals surface area contributed by atoms with E-state index >= 15 is 0 Å². The van der Waals surface area contributed by atoms with E-state index in [1.165, 1.54) is 5.56 Å². The quantitative estimate of drug-likeness (QED) is 0.657. The highest BCUT2D eigenvalue weighted by Gasteiger charge is 2.07. The number of aliphatic imine (C=N–C) groups is 1. The fourth-order valence-electron chi connectivity index (χ4n) is 2.26. The second kappa shape index (κ2) is 8.60. The zero-order chi connectivity index (χ0) is 16.5. The highest BCUT2D eigenvalue weighted by molar-refractivity contribution is 5.80. The first kappa shape index (κ1) is 16.6. The molecule has 0 saturated carbocycles. The van der Waals surface area contributed by atoms with Gasteiger partial charge in [0.2, 0.25) is 0 Å². The van der Waals surface area contributed by atoms with Gasteiger partial charge in [0.05, 0.1) is 24.2 Å². The lowest BCUT2D eigenvalue weighted by Gasteiger charge is -2.18. The van der Waals surface area contributed by atoms with E-state index in [4.69, 9.17) is 5.26 Å². The summed E-state index contributed by atoms with van der Waals surface area (Å²) in [5.41, 5.74) is 2.89. The summed E-state index contributed by atoms with van der Waals surface area (Å²) in [5, 5.41) is 15.6. The van der Waals surface area contributed by atoms with Crippen LogP contribution < -0.4 is 10.6 Å². The molecule has 0 bridgehead atoms. The van der Waals surface area contributed by atoms with Crippen molar-refractivity contribution in [2.45, 2.75) is 26.4 Å². The van der Waals surface area contributed by atoms with E-state index in [1.54, 1.807) is 6.07 Å². The van der Waals surface area contributed by atoms with Crippen LogP contribution in [-0.2, 0) is 6.54 Å². The van der Waals surface area contributed by atoms with E-state index < -0.39 is 0 Å². The fourth-order valence-corrected chi connectivity index (χ4v) is 2.26. The Morgan fingerprint density at radius 1 is 1.17 bits per heavy atom. The van der Waals surface area contributed by atoms with Crippen LogP contribution in [0.25, 0.3) is 0 Å². The summed E-state index contributed by atoms with van der Waals surface area (Å²) in [6, 6.07) is 20.1. The van der Waals surface area contributed by atoms with Gasteiger partial charge in [-0.05, 0) is 37.1 Å². The number of hydrogen-bond acceptors (Lipinski definition) is 2. The molecular weight excluding hydrogens is 284 g/mol. The Morgan fingerprint density at radius 3 is 2.65 bits per heavy atom. The van der Waals surface area contributed by atoms with Crippen molar-refractivity contribution < 1.29 is 0 Å². The van der Waals surface area contributed by atoms with Gasteiger partial charge in [0.1, 0.15) is 0 Å². The van der Waals surface area contributed by atoms with Crippen LogP contribution in [0.4, 0.5) is 0 Å². The third-order valence-corrected chi connectivity index (χ3v) is 3.47. The maximum atomic E-state index is 8.96.